The van der Waals surface area contributed by atoms with Crippen molar-refractivity contribution in [2.24, 2.45) is 16.5 Å². The fourth-order valence-electron chi connectivity index (χ4n) is 2.50. The number of nitrogens with zero attached hydrogens (tertiary/aromatic N) is 3. The van der Waals surface area contributed by atoms with E-state index in [1.165, 1.54) is 17.7 Å². The Hall–Kier alpha value is -2.89. The van der Waals surface area contributed by atoms with Crippen molar-refractivity contribution in [2.75, 3.05) is 6.26 Å². The zero-order chi connectivity index (χ0) is 20.7. The van der Waals surface area contributed by atoms with E-state index in [-0.39, 0.29) is 11.5 Å². The van der Waals surface area contributed by atoms with Gasteiger partial charge >= 0.3 is 6.18 Å². The third-order valence-corrected chi connectivity index (χ3v) is 4.65. The van der Waals surface area contributed by atoms with Crippen LogP contribution in [0.25, 0.3) is 5.69 Å². The Labute approximate surface area is 152 Å². The Morgan fingerprint density at radius 2 is 1.81 bits per heavy atom. The van der Waals surface area contributed by atoms with Crippen molar-refractivity contribution >= 4 is 21.7 Å². The lowest BCUT2D eigenvalue weighted by Gasteiger charge is -2.17. The van der Waals surface area contributed by atoms with E-state index in [2.05, 4.69) is 9.98 Å². The van der Waals surface area contributed by atoms with E-state index in [0.29, 0.717) is 17.8 Å². The lowest BCUT2D eigenvalue weighted by Crippen LogP contribution is -2.25. The van der Waals surface area contributed by atoms with Crippen molar-refractivity contribution in [1.82, 2.24) is 9.55 Å². The third kappa shape index (κ3) is 4.27. The summed E-state index contributed by atoms with van der Waals surface area (Å²) in [5.74, 6) is -1.88. The number of nitrogens with two attached hydrogens (primary N) is 2. The Morgan fingerprint density at radius 3 is 2.22 bits per heavy atom. The topological polar surface area (TPSA) is 133 Å². The molecule has 1 aromatic heterocycles. The first-order valence-corrected chi connectivity index (χ1v) is 9.23. The quantitative estimate of drug-likeness (QED) is 0.587. The molecule has 0 unspecified atom stereocenters. The number of rotatable bonds is 3. The van der Waals surface area contributed by atoms with Gasteiger partial charge in [0.15, 0.2) is 15.8 Å². The molecule has 0 radical (unpaired) electrons. The predicted molar refractivity (Wildman–Crippen MR) is 91.3 cm³/mol. The normalized spacial score (nSPS) is 12.1. The summed E-state index contributed by atoms with van der Waals surface area (Å²) in [5, 5.41) is 0. The SMILES string of the molecule is Cc1cn(-c2cc(C(F)(F)F)c(C(=O)N=C(N)N)cc2S(C)(=O)=O)c(C)n1. The van der Waals surface area contributed by atoms with Crippen molar-refractivity contribution in [1.29, 1.82) is 0 Å². The van der Waals surface area contributed by atoms with E-state index in [1.807, 2.05) is 0 Å². The van der Waals surface area contributed by atoms with Crippen LogP contribution < -0.4 is 11.5 Å². The van der Waals surface area contributed by atoms with Crippen LogP contribution in [-0.2, 0) is 16.0 Å². The minimum Gasteiger partial charge on any atom is -0.370 e. The third-order valence-electron chi connectivity index (χ3n) is 3.53. The summed E-state index contributed by atoms with van der Waals surface area (Å²) in [6.07, 6.45) is -2.76. The first-order chi connectivity index (χ1) is 12.2. The highest BCUT2D eigenvalue weighted by molar-refractivity contribution is 7.90. The molecule has 0 saturated carbocycles. The fraction of sp³-hybridized carbons (Fsp3) is 0.267. The number of hydrogen-bond acceptors (Lipinski definition) is 4. The molecule has 8 nitrogen and oxygen atoms in total. The van der Waals surface area contributed by atoms with Crippen LogP contribution in [-0.4, -0.2) is 36.1 Å². The number of benzene rings is 1. The number of imidazole rings is 1. The van der Waals surface area contributed by atoms with Gasteiger partial charge in [0.1, 0.15) is 5.82 Å². The molecule has 2 aromatic rings. The minimum atomic E-state index is -4.96. The standard InChI is InChI=1S/C15H16F3N5O3S/c1-7-6-23(8(2)21-7)11-5-10(15(16,17)18)9(13(24)22-14(19)20)4-12(11)27(3,25)26/h4-6H,1-3H3,(H4,19,20,22,24). The Balaban J connectivity index is 2.96. The number of carbonyl (C=O) groups is 1. The van der Waals surface area contributed by atoms with Gasteiger partial charge in [0.05, 0.1) is 27.4 Å². The second-order valence-corrected chi connectivity index (χ2v) is 7.76. The van der Waals surface area contributed by atoms with Gasteiger partial charge in [0, 0.05) is 12.5 Å². The lowest BCUT2D eigenvalue weighted by molar-refractivity contribution is -0.137. The van der Waals surface area contributed by atoms with Crippen molar-refractivity contribution in [3.8, 4) is 5.69 Å². The van der Waals surface area contributed by atoms with Gasteiger partial charge in [0.25, 0.3) is 5.91 Å². The van der Waals surface area contributed by atoms with Gasteiger partial charge in [-0.15, -0.1) is 0 Å². The molecular formula is C15H16F3N5O3S. The van der Waals surface area contributed by atoms with Crippen molar-refractivity contribution in [3.05, 3.63) is 41.0 Å². The number of aryl methyl sites for hydroxylation is 2. The summed E-state index contributed by atoms with van der Waals surface area (Å²) in [6, 6.07) is 1.19. The van der Waals surface area contributed by atoms with Crippen LogP contribution in [0.3, 0.4) is 0 Å². The molecule has 0 aliphatic rings. The van der Waals surface area contributed by atoms with Gasteiger partial charge < -0.3 is 16.0 Å². The van der Waals surface area contributed by atoms with Crippen LogP contribution in [0.2, 0.25) is 0 Å². The molecule has 0 fully saturated rings. The first kappa shape index (κ1) is 20.4. The molecule has 0 atom stereocenters. The number of carbonyl (C=O) groups excluding carboxylic acids is 1. The fourth-order valence-corrected chi connectivity index (χ4v) is 3.37. The van der Waals surface area contributed by atoms with E-state index in [9.17, 15) is 26.4 Å². The summed E-state index contributed by atoms with van der Waals surface area (Å²) in [7, 11) is -4.02. The molecular weight excluding hydrogens is 387 g/mol. The van der Waals surface area contributed by atoms with Crippen LogP contribution in [0, 0.1) is 13.8 Å². The number of aliphatic imine (C=N–C) groups is 1. The summed E-state index contributed by atoms with van der Waals surface area (Å²) >= 11 is 0. The van der Waals surface area contributed by atoms with Gasteiger partial charge in [-0.2, -0.15) is 18.2 Å². The largest absolute Gasteiger partial charge is 0.417 e. The van der Waals surface area contributed by atoms with Crippen LogP contribution in [0.15, 0.2) is 28.2 Å². The Kier molecular flexibility index (Phi) is 5.06. The monoisotopic (exact) mass is 403 g/mol. The number of hydrogen-bond donors (Lipinski definition) is 2. The Morgan fingerprint density at radius 1 is 1.22 bits per heavy atom. The highest BCUT2D eigenvalue weighted by Crippen LogP contribution is 2.37. The number of halogens is 3. The summed E-state index contributed by atoms with van der Waals surface area (Å²) in [5.41, 5.74) is 7.94. The number of guanidine groups is 1. The lowest BCUT2D eigenvalue weighted by atomic mass is 10.0. The van der Waals surface area contributed by atoms with Gasteiger partial charge in [0.2, 0.25) is 0 Å². The maximum Gasteiger partial charge on any atom is 0.417 e. The van der Waals surface area contributed by atoms with E-state index < -0.39 is 43.9 Å². The number of amides is 1. The van der Waals surface area contributed by atoms with Gasteiger partial charge in [-0.3, -0.25) is 4.79 Å². The van der Waals surface area contributed by atoms with Gasteiger partial charge in [-0.25, -0.2) is 13.4 Å². The number of alkyl halides is 3. The molecule has 1 aromatic carbocycles. The molecule has 4 N–H and O–H groups in total. The zero-order valence-corrected chi connectivity index (χ0v) is 15.3. The first-order valence-electron chi connectivity index (χ1n) is 7.34. The van der Waals surface area contributed by atoms with Crippen molar-refractivity contribution in [3.63, 3.8) is 0 Å². The van der Waals surface area contributed by atoms with Gasteiger partial charge in [-0.1, -0.05) is 0 Å². The number of sulfone groups is 1. The molecule has 0 saturated heterocycles. The van der Waals surface area contributed by atoms with Crippen molar-refractivity contribution < 1.29 is 26.4 Å². The highest BCUT2D eigenvalue weighted by Gasteiger charge is 2.37. The molecule has 0 aliphatic carbocycles. The van der Waals surface area contributed by atoms with E-state index in [0.717, 1.165) is 6.26 Å². The second kappa shape index (κ2) is 6.68. The summed E-state index contributed by atoms with van der Waals surface area (Å²) in [4.78, 5) is 18.7. The smallest absolute Gasteiger partial charge is 0.370 e. The molecule has 27 heavy (non-hydrogen) atoms. The highest BCUT2D eigenvalue weighted by atomic mass is 32.2. The molecule has 2 rings (SSSR count). The molecule has 0 bridgehead atoms. The summed E-state index contributed by atoms with van der Waals surface area (Å²) < 4.78 is 66.2. The average Bonchev–Trinajstić information content (AvgIpc) is 2.81. The van der Waals surface area contributed by atoms with Crippen LogP contribution in [0.4, 0.5) is 13.2 Å². The maximum atomic E-state index is 13.5. The molecule has 12 heteroatoms. The molecule has 1 amide bonds. The zero-order valence-electron chi connectivity index (χ0n) is 14.5. The van der Waals surface area contributed by atoms with Gasteiger partial charge in [-0.05, 0) is 26.0 Å². The maximum absolute atomic E-state index is 13.5. The predicted octanol–water partition coefficient (Wildman–Crippen LogP) is 1.33. The van der Waals surface area contributed by atoms with E-state index in [4.69, 9.17) is 11.5 Å². The van der Waals surface area contributed by atoms with Crippen LogP contribution in [0.5, 0.6) is 0 Å². The molecule has 146 valence electrons. The van der Waals surface area contributed by atoms with Crippen molar-refractivity contribution in [2.45, 2.75) is 24.9 Å². The Bertz CT molecular complexity index is 1050. The summed E-state index contributed by atoms with van der Waals surface area (Å²) in [6.45, 7) is 3.11. The molecule has 0 spiro atoms. The minimum absolute atomic E-state index is 0.272. The van der Waals surface area contributed by atoms with E-state index >= 15 is 0 Å². The molecule has 1 heterocycles. The van der Waals surface area contributed by atoms with E-state index in [1.54, 1.807) is 6.92 Å². The average molecular weight is 403 g/mol. The van der Waals surface area contributed by atoms with Crippen LogP contribution in [0.1, 0.15) is 27.4 Å². The molecule has 0 aliphatic heterocycles. The second-order valence-electron chi connectivity index (χ2n) is 5.78. The number of aromatic nitrogens is 2. The van der Waals surface area contributed by atoms with Crippen LogP contribution >= 0.6 is 0 Å².